The topological polar surface area (TPSA) is 98.2 Å². The number of nitrogen functional groups attached to an aromatic ring is 1. The zero-order chi connectivity index (χ0) is 15.5. The summed E-state index contributed by atoms with van der Waals surface area (Å²) in [5.74, 6) is -0.274. The smallest absolute Gasteiger partial charge is 0.238 e. The highest BCUT2D eigenvalue weighted by molar-refractivity contribution is 7.89. The van der Waals surface area contributed by atoms with Crippen LogP contribution < -0.4 is 16.2 Å². The normalized spacial score (nSPS) is 11.3. The van der Waals surface area contributed by atoms with E-state index in [0.29, 0.717) is 24.3 Å². The quantitative estimate of drug-likeness (QED) is 0.732. The number of primary sulfonamides is 1. The molecule has 0 atom stereocenters. The Morgan fingerprint density at radius 1 is 1.14 bits per heavy atom. The third-order valence-electron chi connectivity index (χ3n) is 2.97. The first kappa shape index (κ1) is 15.3. The van der Waals surface area contributed by atoms with Crippen molar-refractivity contribution in [3.63, 3.8) is 0 Å². The van der Waals surface area contributed by atoms with Crippen LogP contribution in [0.15, 0.2) is 47.4 Å². The first-order chi connectivity index (χ1) is 9.86. The van der Waals surface area contributed by atoms with Gasteiger partial charge in [-0.15, -0.1) is 0 Å². The molecule has 2 aromatic rings. The van der Waals surface area contributed by atoms with E-state index >= 15 is 0 Å². The minimum absolute atomic E-state index is 0.0318. The van der Waals surface area contributed by atoms with Gasteiger partial charge in [-0.1, -0.05) is 12.1 Å². The summed E-state index contributed by atoms with van der Waals surface area (Å²) < 4.78 is 35.4. The van der Waals surface area contributed by atoms with Crippen LogP contribution in [0.5, 0.6) is 0 Å². The fourth-order valence-corrected chi connectivity index (χ4v) is 2.46. The standard InChI is InChI=1S/C14H16FN3O2S/c15-11-3-1-2-10(8-11)6-7-18-14-5-4-12(9-13(14)16)21(17,19)20/h1-5,8-9,18H,6-7,16H2,(H2,17,19,20). The molecule has 0 aliphatic heterocycles. The van der Waals surface area contributed by atoms with Gasteiger partial charge in [-0.3, -0.25) is 0 Å². The number of rotatable bonds is 5. The number of nitrogens with one attached hydrogen (secondary N) is 1. The van der Waals surface area contributed by atoms with E-state index in [9.17, 15) is 12.8 Å². The lowest BCUT2D eigenvalue weighted by Gasteiger charge is -2.10. The Morgan fingerprint density at radius 2 is 1.90 bits per heavy atom. The maximum Gasteiger partial charge on any atom is 0.238 e. The van der Waals surface area contributed by atoms with Crippen molar-refractivity contribution in [1.29, 1.82) is 0 Å². The van der Waals surface area contributed by atoms with Gasteiger partial charge < -0.3 is 11.1 Å². The molecule has 0 aromatic heterocycles. The van der Waals surface area contributed by atoms with E-state index < -0.39 is 10.0 Å². The lowest BCUT2D eigenvalue weighted by Crippen LogP contribution is -2.13. The molecular formula is C14H16FN3O2S. The maximum absolute atomic E-state index is 13.0. The number of nitrogens with two attached hydrogens (primary N) is 2. The molecule has 0 amide bonds. The van der Waals surface area contributed by atoms with Gasteiger partial charge >= 0.3 is 0 Å². The summed E-state index contributed by atoms with van der Waals surface area (Å²) in [6.45, 7) is 0.544. The van der Waals surface area contributed by atoms with Crippen molar-refractivity contribution < 1.29 is 12.8 Å². The molecule has 5 N–H and O–H groups in total. The number of hydrogen-bond donors (Lipinski definition) is 3. The third-order valence-corrected chi connectivity index (χ3v) is 3.88. The Hall–Kier alpha value is -2.12. The van der Waals surface area contributed by atoms with Gasteiger partial charge in [-0.25, -0.2) is 17.9 Å². The van der Waals surface area contributed by atoms with Gasteiger partial charge in [0.05, 0.1) is 16.3 Å². The molecular weight excluding hydrogens is 293 g/mol. The highest BCUT2D eigenvalue weighted by Gasteiger charge is 2.09. The van der Waals surface area contributed by atoms with Crippen molar-refractivity contribution in [3.05, 3.63) is 53.8 Å². The average molecular weight is 309 g/mol. The molecule has 0 radical (unpaired) electrons. The van der Waals surface area contributed by atoms with E-state index in [-0.39, 0.29) is 10.7 Å². The molecule has 0 unspecified atom stereocenters. The van der Waals surface area contributed by atoms with Crippen molar-refractivity contribution in [2.75, 3.05) is 17.6 Å². The minimum Gasteiger partial charge on any atom is -0.397 e. The molecule has 0 saturated heterocycles. The second kappa shape index (κ2) is 6.11. The fourth-order valence-electron chi connectivity index (χ4n) is 1.91. The zero-order valence-corrected chi connectivity index (χ0v) is 12.0. The molecule has 0 saturated carbocycles. The molecule has 112 valence electrons. The lowest BCUT2D eigenvalue weighted by molar-refractivity contribution is 0.598. The number of sulfonamides is 1. The van der Waals surface area contributed by atoms with Crippen LogP contribution in [0.2, 0.25) is 0 Å². The number of benzene rings is 2. The molecule has 0 aliphatic carbocycles. The molecule has 2 rings (SSSR count). The molecule has 0 fully saturated rings. The molecule has 21 heavy (non-hydrogen) atoms. The van der Waals surface area contributed by atoms with Gasteiger partial charge in [0.15, 0.2) is 0 Å². The molecule has 7 heteroatoms. The minimum atomic E-state index is -3.76. The summed E-state index contributed by atoms with van der Waals surface area (Å²) >= 11 is 0. The number of anilines is 2. The second-order valence-corrected chi connectivity index (χ2v) is 6.16. The highest BCUT2D eigenvalue weighted by atomic mass is 32.2. The van der Waals surface area contributed by atoms with Crippen LogP contribution in [0.25, 0.3) is 0 Å². The summed E-state index contributed by atoms with van der Waals surface area (Å²) in [7, 11) is -3.76. The van der Waals surface area contributed by atoms with Gasteiger partial charge in [0.1, 0.15) is 5.82 Å². The van der Waals surface area contributed by atoms with Gasteiger partial charge in [0, 0.05) is 6.54 Å². The van der Waals surface area contributed by atoms with Crippen molar-refractivity contribution in [2.24, 2.45) is 5.14 Å². The summed E-state index contributed by atoms with van der Waals surface area (Å²) in [5.41, 5.74) is 7.54. The molecule has 0 spiro atoms. The van der Waals surface area contributed by atoms with Gasteiger partial charge in [-0.2, -0.15) is 0 Å². The molecule has 2 aromatic carbocycles. The second-order valence-electron chi connectivity index (χ2n) is 4.60. The summed E-state index contributed by atoms with van der Waals surface area (Å²) in [4.78, 5) is -0.0318. The van der Waals surface area contributed by atoms with E-state index in [0.717, 1.165) is 5.56 Å². The van der Waals surface area contributed by atoms with Crippen LogP contribution in [0.4, 0.5) is 15.8 Å². The number of halogens is 1. The van der Waals surface area contributed by atoms with Crippen LogP contribution in [0.1, 0.15) is 5.56 Å². The average Bonchev–Trinajstić information content (AvgIpc) is 2.39. The SMILES string of the molecule is Nc1cc(S(N)(=O)=O)ccc1NCCc1cccc(F)c1. The van der Waals surface area contributed by atoms with E-state index in [1.807, 2.05) is 6.07 Å². The van der Waals surface area contributed by atoms with E-state index in [1.54, 1.807) is 12.1 Å². The van der Waals surface area contributed by atoms with Gasteiger partial charge in [0.2, 0.25) is 10.0 Å². The Kier molecular flexibility index (Phi) is 4.44. The molecule has 0 aliphatic rings. The van der Waals surface area contributed by atoms with Gasteiger partial charge in [-0.05, 0) is 42.3 Å². The predicted octanol–water partition coefficient (Wildman–Crippen LogP) is 1.71. The van der Waals surface area contributed by atoms with Crippen molar-refractivity contribution in [2.45, 2.75) is 11.3 Å². The van der Waals surface area contributed by atoms with E-state index in [1.165, 1.54) is 24.3 Å². The predicted molar refractivity (Wildman–Crippen MR) is 80.8 cm³/mol. The summed E-state index contributed by atoms with van der Waals surface area (Å²) in [6, 6.07) is 10.6. The largest absolute Gasteiger partial charge is 0.397 e. The Balaban J connectivity index is 2.01. The first-order valence-corrected chi connectivity index (χ1v) is 7.81. The summed E-state index contributed by atoms with van der Waals surface area (Å²) in [5, 5.41) is 8.10. The third kappa shape index (κ3) is 4.17. The maximum atomic E-state index is 13.0. The Bertz CT molecular complexity index is 748. The Labute approximate surface area is 122 Å². The lowest BCUT2D eigenvalue weighted by atomic mass is 10.1. The molecule has 0 heterocycles. The van der Waals surface area contributed by atoms with Crippen LogP contribution in [0, 0.1) is 5.82 Å². The monoisotopic (exact) mass is 309 g/mol. The van der Waals surface area contributed by atoms with Crippen molar-refractivity contribution in [3.8, 4) is 0 Å². The van der Waals surface area contributed by atoms with Crippen molar-refractivity contribution >= 4 is 21.4 Å². The van der Waals surface area contributed by atoms with E-state index in [4.69, 9.17) is 10.9 Å². The highest BCUT2D eigenvalue weighted by Crippen LogP contribution is 2.21. The summed E-state index contributed by atoms with van der Waals surface area (Å²) in [6.07, 6.45) is 0.619. The first-order valence-electron chi connectivity index (χ1n) is 6.27. The van der Waals surface area contributed by atoms with Crippen LogP contribution in [-0.2, 0) is 16.4 Å². The molecule has 0 bridgehead atoms. The van der Waals surface area contributed by atoms with Crippen LogP contribution >= 0.6 is 0 Å². The fraction of sp³-hybridized carbons (Fsp3) is 0.143. The number of hydrogen-bond acceptors (Lipinski definition) is 4. The van der Waals surface area contributed by atoms with E-state index in [2.05, 4.69) is 5.32 Å². The van der Waals surface area contributed by atoms with Crippen molar-refractivity contribution in [1.82, 2.24) is 0 Å². The zero-order valence-electron chi connectivity index (χ0n) is 11.2. The van der Waals surface area contributed by atoms with Crippen LogP contribution in [-0.4, -0.2) is 15.0 Å². The molecule has 5 nitrogen and oxygen atoms in total. The van der Waals surface area contributed by atoms with Crippen LogP contribution in [0.3, 0.4) is 0 Å². The Morgan fingerprint density at radius 3 is 2.52 bits per heavy atom. The van der Waals surface area contributed by atoms with Gasteiger partial charge in [0.25, 0.3) is 0 Å².